The van der Waals surface area contributed by atoms with Gasteiger partial charge in [0.1, 0.15) is 4.90 Å². The van der Waals surface area contributed by atoms with Gasteiger partial charge >= 0.3 is 0 Å². The van der Waals surface area contributed by atoms with Crippen LogP contribution in [0.3, 0.4) is 0 Å². The first-order valence-corrected chi connectivity index (χ1v) is 9.22. The van der Waals surface area contributed by atoms with Crippen molar-refractivity contribution in [1.82, 2.24) is 14.4 Å². The first-order chi connectivity index (χ1) is 9.26. The van der Waals surface area contributed by atoms with E-state index in [0.717, 1.165) is 6.26 Å². The van der Waals surface area contributed by atoms with Gasteiger partial charge in [0.2, 0.25) is 20.0 Å². The number of pyridine rings is 1. The molecule has 0 saturated carbocycles. The second-order valence-electron chi connectivity index (χ2n) is 4.07. The zero-order valence-electron chi connectivity index (χ0n) is 11.0. The van der Waals surface area contributed by atoms with E-state index in [0.29, 0.717) is 6.42 Å². The molecular weight excluding hydrogens is 304 g/mol. The van der Waals surface area contributed by atoms with Crippen molar-refractivity contribution < 1.29 is 16.8 Å². The smallest absolute Gasteiger partial charge is 0.242 e. The number of rotatable bonds is 8. The summed E-state index contributed by atoms with van der Waals surface area (Å²) in [6, 6.07) is 2.94. The number of hydrogen-bond donors (Lipinski definition) is 3. The predicted molar refractivity (Wildman–Crippen MR) is 74.8 cm³/mol. The van der Waals surface area contributed by atoms with Crippen molar-refractivity contribution >= 4 is 20.0 Å². The minimum Gasteiger partial charge on any atom is -0.325 e. The lowest BCUT2D eigenvalue weighted by Gasteiger charge is -2.09. The van der Waals surface area contributed by atoms with Gasteiger partial charge in [-0.3, -0.25) is 4.98 Å². The molecule has 20 heavy (non-hydrogen) atoms. The van der Waals surface area contributed by atoms with Crippen molar-refractivity contribution in [2.45, 2.75) is 17.9 Å². The maximum atomic E-state index is 12.0. The summed E-state index contributed by atoms with van der Waals surface area (Å²) in [6.07, 6.45) is 2.85. The maximum Gasteiger partial charge on any atom is 0.242 e. The largest absolute Gasteiger partial charge is 0.325 e. The number of nitrogens with two attached hydrogens (primary N) is 1. The number of aromatic nitrogens is 1. The van der Waals surface area contributed by atoms with E-state index in [4.69, 9.17) is 5.73 Å². The van der Waals surface area contributed by atoms with Gasteiger partial charge in [0.05, 0.1) is 11.9 Å². The fraction of sp³-hybridized carbons (Fsp3) is 0.500. The summed E-state index contributed by atoms with van der Waals surface area (Å²) in [5.41, 5.74) is 5.73. The molecule has 0 aliphatic rings. The number of nitrogens with zero attached hydrogens (tertiary/aromatic N) is 1. The Morgan fingerprint density at radius 2 is 1.85 bits per heavy atom. The summed E-state index contributed by atoms with van der Waals surface area (Å²) >= 11 is 0. The zero-order valence-corrected chi connectivity index (χ0v) is 12.7. The fourth-order valence-electron chi connectivity index (χ4n) is 1.45. The molecule has 1 heterocycles. The minimum atomic E-state index is -3.69. The van der Waals surface area contributed by atoms with Gasteiger partial charge in [-0.25, -0.2) is 26.3 Å². The van der Waals surface area contributed by atoms with E-state index in [2.05, 4.69) is 14.4 Å². The standard InChI is InChI=1S/C10H18N4O4S2/c1-19(15,16)13-6-3-7-14-20(17,18)10-4-2-5-12-9(10)8-11/h2,4-5,13-14H,3,6-8,11H2,1H3. The van der Waals surface area contributed by atoms with Crippen LogP contribution in [0.5, 0.6) is 0 Å². The SMILES string of the molecule is CS(=O)(=O)NCCCNS(=O)(=O)c1cccnc1CN. The highest BCUT2D eigenvalue weighted by Crippen LogP contribution is 2.11. The van der Waals surface area contributed by atoms with E-state index < -0.39 is 20.0 Å². The number of hydrogen-bond acceptors (Lipinski definition) is 6. The lowest BCUT2D eigenvalue weighted by Crippen LogP contribution is -2.30. The predicted octanol–water partition coefficient (Wildman–Crippen LogP) is -1.24. The summed E-state index contributed by atoms with van der Waals surface area (Å²) in [7, 11) is -6.95. The summed E-state index contributed by atoms with van der Waals surface area (Å²) < 4.78 is 50.4. The molecule has 0 saturated heterocycles. The molecule has 1 aromatic rings. The molecule has 8 nitrogen and oxygen atoms in total. The summed E-state index contributed by atoms with van der Waals surface area (Å²) in [4.78, 5) is 3.94. The fourth-order valence-corrected chi connectivity index (χ4v) is 3.24. The van der Waals surface area contributed by atoms with Crippen LogP contribution in [0.1, 0.15) is 12.1 Å². The molecule has 10 heteroatoms. The molecule has 0 atom stereocenters. The molecule has 1 rings (SSSR count). The van der Waals surface area contributed by atoms with Gasteiger partial charge in [-0.05, 0) is 18.6 Å². The lowest BCUT2D eigenvalue weighted by molar-refractivity contribution is 0.573. The second-order valence-corrected chi connectivity index (χ2v) is 7.64. The quantitative estimate of drug-likeness (QED) is 0.513. The third-order valence-corrected chi connectivity index (χ3v) is 4.60. The van der Waals surface area contributed by atoms with Gasteiger partial charge in [-0.15, -0.1) is 0 Å². The highest BCUT2D eigenvalue weighted by atomic mass is 32.2. The Morgan fingerprint density at radius 3 is 2.45 bits per heavy atom. The molecular formula is C10H18N4O4S2. The zero-order chi connectivity index (χ0) is 15.2. The Hall–Kier alpha value is -1.07. The van der Waals surface area contributed by atoms with Crippen LogP contribution in [0, 0.1) is 0 Å². The van der Waals surface area contributed by atoms with Gasteiger partial charge in [-0.1, -0.05) is 0 Å². The average molecular weight is 322 g/mol. The van der Waals surface area contributed by atoms with E-state index in [1.54, 1.807) is 0 Å². The Bertz CT molecular complexity index is 643. The summed E-state index contributed by atoms with van der Waals surface area (Å²) in [6.45, 7) is 0.300. The van der Waals surface area contributed by atoms with Crippen molar-refractivity contribution in [3.05, 3.63) is 24.0 Å². The van der Waals surface area contributed by atoms with Crippen molar-refractivity contribution in [2.24, 2.45) is 5.73 Å². The van der Waals surface area contributed by atoms with Crippen LogP contribution in [0.25, 0.3) is 0 Å². The Morgan fingerprint density at radius 1 is 1.20 bits per heavy atom. The summed E-state index contributed by atoms with van der Waals surface area (Å²) in [5.74, 6) is 0. The van der Waals surface area contributed by atoms with Gasteiger partial charge in [0.15, 0.2) is 0 Å². The van der Waals surface area contributed by atoms with E-state index in [1.807, 2.05) is 0 Å². The van der Waals surface area contributed by atoms with Gasteiger partial charge in [0.25, 0.3) is 0 Å². The number of nitrogens with one attached hydrogen (secondary N) is 2. The van der Waals surface area contributed by atoms with Gasteiger partial charge in [-0.2, -0.15) is 0 Å². The normalized spacial score (nSPS) is 12.5. The van der Waals surface area contributed by atoms with Crippen molar-refractivity contribution in [2.75, 3.05) is 19.3 Å². The highest BCUT2D eigenvalue weighted by Gasteiger charge is 2.17. The minimum absolute atomic E-state index is 0.0206. The average Bonchev–Trinajstić information content (AvgIpc) is 2.36. The molecule has 4 N–H and O–H groups in total. The van der Waals surface area contributed by atoms with Crippen LogP contribution in [0.15, 0.2) is 23.2 Å². The van der Waals surface area contributed by atoms with E-state index >= 15 is 0 Å². The van der Waals surface area contributed by atoms with Crippen LogP contribution in [0.2, 0.25) is 0 Å². The summed E-state index contributed by atoms with van der Waals surface area (Å²) in [5, 5.41) is 0. The van der Waals surface area contributed by atoms with Crippen molar-refractivity contribution in [1.29, 1.82) is 0 Å². The van der Waals surface area contributed by atoms with Crippen molar-refractivity contribution in [3.63, 3.8) is 0 Å². The van der Waals surface area contributed by atoms with Crippen LogP contribution >= 0.6 is 0 Å². The van der Waals surface area contributed by atoms with Gasteiger partial charge in [0, 0.05) is 25.8 Å². The van der Waals surface area contributed by atoms with E-state index in [-0.39, 0.29) is 30.2 Å². The third-order valence-electron chi connectivity index (χ3n) is 2.34. The molecule has 1 aromatic heterocycles. The molecule has 0 unspecified atom stereocenters. The Labute approximate surface area is 118 Å². The van der Waals surface area contributed by atoms with Crippen molar-refractivity contribution in [3.8, 4) is 0 Å². The Balaban J connectivity index is 2.58. The topological polar surface area (TPSA) is 131 Å². The van der Waals surface area contributed by atoms with Crippen LogP contribution in [0.4, 0.5) is 0 Å². The number of sulfonamides is 2. The molecule has 0 radical (unpaired) electrons. The van der Waals surface area contributed by atoms with Crippen LogP contribution < -0.4 is 15.2 Å². The Kier molecular flexibility index (Phi) is 6.02. The van der Waals surface area contributed by atoms with Crippen LogP contribution in [-0.2, 0) is 26.6 Å². The molecule has 0 amide bonds. The molecule has 0 fully saturated rings. The third kappa shape index (κ3) is 5.51. The molecule has 0 aromatic carbocycles. The maximum absolute atomic E-state index is 12.0. The van der Waals surface area contributed by atoms with Crippen LogP contribution in [-0.4, -0.2) is 41.2 Å². The first-order valence-electron chi connectivity index (χ1n) is 5.84. The van der Waals surface area contributed by atoms with Gasteiger partial charge < -0.3 is 5.73 Å². The van der Waals surface area contributed by atoms with E-state index in [1.165, 1.54) is 18.3 Å². The first kappa shape index (κ1) is 17.0. The highest BCUT2D eigenvalue weighted by molar-refractivity contribution is 7.89. The monoisotopic (exact) mass is 322 g/mol. The molecule has 0 spiro atoms. The second kappa shape index (κ2) is 7.09. The lowest BCUT2D eigenvalue weighted by atomic mass is 10.3. The van der Waals surface area contributed by atoms with E-state index in [9.17, 15) is 16.8 Å². The molecule has 114 valence electrons. The molecule has 0 aliphatic heterocycles. The molecule has 0 bridgehead atoms. The molecule has 0 aliphatic carbocycles.